The van der Waals surface area contributed by atoms with Gasteiger partial charge in [-0.25, -0.2) is 0 Å². The second-order valence-electron chi connectivity index (χ2n) is 5.70. The molecule has 2 aliphatic rings. The van der Waals surface area contributed by atoms with E-state index in [0.29, 0.717) is 13.1 Å². The monoisotopic (exact) mass is 255 g/mol. The van der Waals surface area contributed by atoms with Gasteiger partial charge in [0.25, 0.3) is 0 Å². The summed E-state index contributed by atoms with van der Waals surface area (Å²) in [7, 11) is 0. The third kappa shape index (κ3) is 2.66. The lowest BCUT2D eigenvalue weighted by Gasteiger charge is -2.32. The summed E-state index contributed by atoms with van der Waals surface area (Å²) in [6, 6.07) is 0. The van der Waals surface area contributed by atoms with Gasteiger partial charge in [-0.1, -0.05) is 0 Å². The van der Waals surface area contributed by atoms with E-state index in [-0.39, 0.29) is 30.0 Å². The largest absolute Gasteiger partial charge is 0.481 e. The van der Waals surface area contributed by atoms with Gasteiger partial charge >= 0.3 is 5.97 Å². The Morgan fingerprint density at radius 2 is 2.00 bits per heavy atom. The van der Waals surface area contributed by atoms with Crippen molar-refractivity contribution in [3.05, 3.63) is 0 Å². The van der Waals surface area contributed by atoms with Crippen LogP contribution >= 0.6 is 0 Å². The van der Waals surface area contributed by atoms with E-state index in [0.717, 1.165) is 19.3 Å². The lowest BCUT2D eigenvalue weighted by atomic mass is 9.91. The summed E-state index contributed by atoms with van der Waals surface area (Å²) in [6.45, 7) is 5.28. The van der Waals surface area contributed by atoms with Crippen molar-refractivity contribution in [3.8, 4) is 0 Å². The molecule has 1 atom stereocenters. The quantitative estimate of drug-likeness (QED) is 0.817. The number of aliphatic carboxylic acids is 1. The molecule has 0 aromatic rings. The Hall–Kier alpha value is -1.10. The number of nitrogens with zero attached hydrogens (tertiary/aromatic N) is 1. The number of carbonyl (C=O) groups is 2. The zero-order valence-corrected chi connectivity index (χ0v) is 11.0. The van der Waals surface area contributed by atoms with Gasteiger partial charge in [0.2, 0.25) is 5.91 Å². The van der Waals surface area contributed by atoms with Crippen LogP contribution in [-0.2, 0) is 14.3 Å². The molecule has 1 spiro atoms. The number of piperidine rings is 1. The summed E-state index contributed by atoms with van der Waals surface area (Å²) in [4.78, 5) is 24.6. The molecule has 5 nitrogen and oxygen atoms in total. The first-order valence-corrected chi connectivity index (χ1v) is 6.57. The summed E-state index contributed by atoms with van der Waals surface area (Å²) >= 11 is 0. The molecule has 18 heavy (non-hydrogen) atoms. The van der Waals surface area contributed by atoms with Gasteiger partial charge < -0.3 is 14.7 Å². The Bertz CT molecular complexity index is 345. The molecule has 5 heteroatoms. The molecule has 2 fully saturated rings. The highest BCUT2D eigenvalue weighted by Crippen LogP contribution is 2.59. The van der Waals surface area contributed by atoms with Crippen molar-refractivity contribution < 1.29 is 19.4 Å². The Morgan fingerprint density at radius 1 is 1.39 bits per heavy atom. The molecule has 1 aliphatic carbocycles. The highest BCUT2D eigenvalue weighted by atomic mass is 16.5. The Morgan fingerprint density at radius 3 is 2.44 bits per heavy atom. The molecular formula is C13H21NO4. The van der Waals surface area contributed by atoms with Gasteiger partial charge in [-0.2, -0.15) is 0 Å². The van der Waals surface area contributed by atoms with Crippen LogP contribution in [0.15, 0.2) is 0 Å². The molecule has 1 unspecified atom stereocenters. The maximum Gasteiger partial charge on any atom is 0.307 e. The van der Waals surface area contributed by atoms with Crippen molar-refractivity contribution in [3.63, 3.8) is 0 Å². The van der Waals surface area contributed by atoms with Crippen LogP contribution in [0.5, 0.6) is 0 Å². The SMILES string of the molecule is CC(C)OCC(=O)N1CCC2(CC1)CC2C(=O)O. The van der Waals surface area contributed by atoms with Gasteiger partial charge in [0.1, 0.15) is 6.61 Å². The smallest absolute Gasteiger partial charge is 0.307 e. The van der Waals surface area contributed by atoms with Crippen LogP contribution in [0, 0.1) is 11.3 Å². The number of hydrogen-bond acceptors (Lipinski definition) is 3. The van der Waals surface area contributed by atoms with Crippen molar-refractivity contribution in [2.45, 2.75) is 39.2 Å². The average molecular weight is 255 g/mol. The molecule has 1 N–H and O–H groups in total. The maximum absolute atomic E-state index is 11.8. The number of rotatable bonds is 4. The summed E-state index contributed by atoms with van der Waals surface area (Å²) in [5, 5.41) is 8.99. The number of hydrogen-bond donors (Lipinski definition) is 1. The van der Waals surface area contributed by atoms with Gasteiger partial charge in [-0.15, -0.1) is 0 Å². The van der Waals surface area contributed by atoms with E-state index in [9.17, 15) is 9.59 Å². The van der Waals surface area contributed by atoms with Crippen LogP contribution in [0.1, 0.15) is 33.1 Å². The first-order valence-electron chi connectivity index (χ1n) is 6.57. The number of carbonyl (C=O) groups excluding carboxylic acids is 1. The fourth-order valence-electron chi connectivity index (χ4n) is 2.78. The van der Waals surface area contributed by atoms with Crippen molar-refractivity contribution in [2.75, 3.05) is 19.7 Å². The van der Waals surface area contributed by atoms with Gasteiger partial charge in [0.05, 0.1) is 12.0 Å². The number of carboxylic acid groups (broad SMARTS) is 1. The zero-order valence-electron chi connectivity index (χ0n) is 11.0. The summed E-state index contributed by atoms with van der Waals surface area (Å²) in [6.07, 6.45) is 2.48. The molecule has 102 valence electrons. The van der Waals surface area contributed by atoms with Crippen LogP contribution in [0.3, 0.4) is 0 Å². The van der Waals surface area contributed by atoms with E-state index in [1.165, 1.54) is 0 Å². The molecule has 1 amide bonds. The number of carboxylic acids is 1. The predicted octanol–water partition coefficient (Wildman–Crippen LogP) is 1.12. The molecule has 0 aromatic carbocycles. The second-order valence-corrected chi connectivity index (χ2v) is 5.70. The van der Waals surface area contributed by atoms with Gasteiger partial charge in [0.15, 0.2) is 0 Å². The molecule has 0 aromatic heterocycles. The van der Waals surface area contributed by atoms with Crippen LogP contribution in [0.4, 0.5) is 0 Å². The van der Waals surface area contributed by atoms with Gasteiger partial charge in [0, 0.05) is 13.1 Å². The average Bonchev–Trinajstić information content (AvgIpc) is 3.01. The lowest BCUT2D eigenvalue weighted by Crippen LogP contribution is -2.42. The molecule has 1 heterocycles. The highest BCUT2D eigenvalue weighted by Gasteiger charge is 2.59. The van der Waals surface area contributed by atoms with Crippen LogP contribution in [0.25, 0.3) is 0 Å². The minimum Gasteiger partial charge on any atom is -0.481 e. The first kappa shape index (κ1) is 13.3. The predicted molar refractivity (Wildman–Crippen MR) is 65.1 cm³/mol. The van der Waals surface area contributed by atoms with Crippen molar-refractivity contribution >= 4 is 11.9 Å². The lowest BCUT2D eigenvalue weighted by molar-refractivity contribution is -0.140. The molecule has 1 saturated heterocycles. The normalized spacial score (nSPS) is 25.5. The summed E-state index contributed by atoms with van der Waals surface area (Å²) in [5.74, 6) is -0.842. The standard InChI is InChI=1S/C13H21NO4/c1-9(2)18-8-11(15)14-5-3-13(4-6-14)7-10(13)12(16)17/h9-10H,3-8H2,1-2H3,(H,16,17). The van der Waals surface area contributed by atoms with E-state index < -0.39 is 5.97 Å². The van der Waals surface area contributed by atoms with Crippen molar-refractivity contribution in [2.24, 2.45) is 11.3 Å². The Kier molecular flexibility index (Phi) is 3.61. The van der Waals surface area contributed by atoms with Crippen molar-refractivity contribution in [1.29, 1.82) is 0 Å². The third-order valence-electron chi connectivity index (χ3n) is 4.14. The van der Waals surface area contributed by atoms with Crippen molar-refractivity contribution in [1.82, 2.24) is 4.90 Å². The molecule has 0 radical (unpaired) electrons. The number of ether oxygens (including phenoxy) is 1. The molecule has 1 aliphatic heterocycles. The van der Waals surface area contributed by atoms with E-state index in [1.54, 1.807) is 4.90 Å². The fourth-order valence-corrected chi connectivity index (χ4v) is 2.78. The molecule has 2 rings (SSSR count). The van der Waals surface area contributed by atoms with E-state index in [4.69, 9.17) is 9.84 Å². The maximum atomic E-state index is 11.8. The van der Waals surface area contributed by atoms with Crippen LogP contribution < -0.4 is 0 Å². The summed E-state index contributed by atoms with van der Waals surface area (Å²) in [5.41, 5.74) is -0.0124. The minimum atomic E-state index is -0.682. The molecule has 0 bridgehead atoms. The Labute approximate surface area is 107 Å². The Balaban J connectivity index is 1.77. The van der Waals surface area contributed by atoms with E-state index >= 15 is 0 Å². The number of likely N-dealkylation sites (tertiary alicyclic amines) is 1. The van der Waals surface area contributed by atoms with Gasteiger partial charge in [-0.05, 0) is 38.5 Å². The first-order chi connectivity index (χ1) is 8.44. The van der Waals surface area contributed by atoms with E-state index in [2.05, 4.69) is 0 Å². The topological polar surface area (TPSA) is 66.8 Å². The second kappa shape index (κ2) is 4.88. The highest BCUT2D eigenvalue weighted by molar-refractivity contribution is 5.78. The zero-order chi connectivity index (χ0) is 13.3. The fraction of sp³-hybridized carbons (Fsp3) is 0.846. The van der Waals surface area contributed by atoms with E-state index in [1.807, 2.05) is 13.8 Å². The molecular weight excluding hydrogens is 234 g/mol. The summed E-state index contributed by atoms with van der Waals surface area (Å²) < 4.78 is 5.30. The van der Waals surface area contributed by atoms with Crippen LogP contribution in [-0.4, -0.2) is 47.7 Å². The number of amides is 1. The third-order valence-corrected chi connectivity index (χ3v) is 4.14. The van der Waals surface area contributed by atoms with Crippen LogP contribution in [0.2, 0.25) is 0 Å². The molecule has 1 saturated carbocycles. The minimum absolute atomic E-state index is 0.0124. The van der Waals surface area contributed by atoms with Gasteiger partial charge in [-0.3, -0.25) is 9.59 Å².